The second kappa shape index (κ2) is 10.7. The number of aryl methyl sites for hydroxylation is 1. The molecule has 12 heteroatoms. The number of carbonyl (C=O) groups excluding carboxylic acids is 1. The maximum atomic E-state index is 12.3. The van der Waals surface area contributed by atoms with E-state index in [4.69, 9.17) is 19.9 Å². The zero-order chi connectivity index (χ0) is 23.1. The summed E-state index contributed by atoms with van der Waals surface area (Å²) >= 11 is 0. The molecule has 1 saturated heterocycles. The number of anilines is 2. The van der Waals surface area contributed by atoms with Crippen molar-refractivity contribution >= 4 is 23.3 Å². The summed E-state index contributed by atoms with van der Waals surface area (Å²) in [7, 11) is 0. The topological polar surface area (TPSA) is 156 Å². The number of esters is 1. The van der Waals surface area contributed by atoms with Crippen LogP contribution in [0, 0.1) is 23.0 Å². The molecule has 1 aliphatic heterocycles. The molecule has 2 aromatic heterocycles. The number of rotatable bonds is 10. The molecule has 3 heterocycles. The zero-order valence-corrected chi connectivity index (χ0v) is 18.0. The van der Waals surface area contributed by atoms with Crippen molar-refractivity contribution in [2.24, 2.45) is 5.92 Å². The molecule has 0 bridgehead atoms. The molecule has 1 unspecified atom stereocenters. The normalized spacial score (nSPS) is 15.4. The highest BCUT2D eigenvalue weighted by Gasteiger charge is 2.30. The molecule has 1 aliphatic rings. The van der Waals surface area contributed by atoms with Gasteiger partial charge in [0, 0.05) is 31.0 Å². The minimum atomic E-state index is -0.676. The van der Waals surface area contributed by atoms with Crippen LogP contribution in [0.4, 0.5) is 17.3 Å². The SMILES string of the molecule is CCOC(=O)CN(Cc1ccc(C)nc1)c1nc(OCC2CCOC2)nc(N)c1[N+](=O)[O-]. The van der Waals surface area contributed by atoms with Crippen molar-refractivity contribution < 1.29 is 23.9 Å². The molecule has 172 valence electrons. The van der Waals surface area contributed by atoms with Gasteiger partial charge in [0.2, 0.25) is 11.6 Å². The molecule has 12 nitrogen and oxygen atoms in total. The first-order valence-electron chi connectivity index (χ1n) is 10.2. The Hall–Kier alpha value is -3.54. The highest BCUT2D eigenvalue weighted by Crippen LogP contribution is 2.33. The highest BCUT2D eigenvalue weighted by molar-refractivity contribution is 5.78. The number of nitro groups is 1. The van der Waals surface area contributed by atoms with E-state index in [0.717, 1.165) is 17.7 Å². The molecule has 0 spiro atoms. The van der Waals surface area contributed by atoms with Crippen LogP contribution in [0.3, 0.4) is 0 Å². The van der Waals surface area contributed by atoms with E-state index in [1.165, 1.54) is 4.90 Å². The summed E-state index contributed by atoms with van der Waals surface area (Å²) in [5.74, 6) is -0.875. The van der Waals surface area contributed by atoms with E-state index < -0.39 is 16.6 Å². The lowest BCUT2D eigenvalue weighted by Gasteiger charge is -2.23. The van der Waals surface area contributed by atoms with Crippen molar-refractivity contribution in [2.45, 2.75) is 26.8 Å². The van der Waals surface area contributed by atoms with E-state index >= 15 is 0 Å². The standard InChI is InChI=1S/C20H26N6O6/c1-3-31-16(27)10-25(9-14-5-4-13(2)22-8-14)19-17(26(28)29)18(21)23-20(24-19)32-12-15-6-7-30-11-15/h4-5,8,15H,3,6-7,9-12H2,1-2H3,(H2,21,23,24). The molecule has 0 amide bonds. The Balaban J connectivity index is 1.95. The molecule has 2 N–H and O–H groups in total. The third kappa shape index (κ3) is 6.00. The number of aromatic nitrogens is 3. The first-order valence-corrected chi connectivity index (χ1v) is 10.2. The molecule has 0 saturated carbocycles. The van der Waals surface area contributed by atoms with Crippen LogP contribution in [0.2, 0.25) is 0 Å². The summed E-state index contributed by atoms with van der Waals surface area (Å²) < 4.78 is 16.0. The van der Waals surface area contributed by atoms with Gasteiger partial charge in [-0.1, -0.05) is 6.07 Å². The Morgan fingerprint density at radius 1 is 1.41 bits per heavy atom. The smallest absolute Gasteiger partial charge is 0.353 e. The van der Waals surface area contributed by atoms with Gasteiger partial charge in [-0.25, -0.2) is 0 Å². The van der Waals surface area contributed by atoms with Crippen LogP contribution in [-0.4, -0.2) is 58.8 Å². The van der Waals surface area contributed by atoms with Gasteiger partial charge in [-0.3, -0.25) is 19.9 Å². The number of hydrogen-bond acceptors (Lipinski definition) is 11. The fourth-order valence-electron chi connectivity index (χ4n) is 3.19. The second-order valence-corrected chi connectivity index (χ2v) is 7.33. The van der Waals surface area contributed by atoms with E-state index in [1.807, 2.05) is 13.0 Å². The van der Waals surface area contributed by atoms with Crippen LogP contribution < -0.4 is 15.4 Å². The zero-order valence-electron chi connectivity index (χ0n) is 18.0. The van der Waals surface area contributed by atoms with Gasteiger partial charge in [0.1, 0.15) is 6.54 Å². The molecule has 2 aromatic rings. The average molecular weight is 446 g/mol. The molecule has 1 atom stereocenters. The van der Waals surface area contributed by atoms with Crippen LogP contribution in [-0.2, 0) is 20.8 Å². The molecule has 0 aliphatic carbocycles. The predicted octanol–water partition coefficient (Wildman–Crippen LogP) is 1.66. The maximum absolute atomic E-state index is 12.3. The minimum Gasteiger partial charge on any atom is -0.465 e. The maximum Gasteiger partial charge on any atom is 0.353 e. The lowest BCUT2D eigenvalue weighted by Crippen LogP contribution is -2.32. The summed E-state index contributed by atoms with van der Waals surface area (Å²) in [6.45, 7) is 5.02. The van der Waals surface area contributed by atoms with Gasteiger partial charge in [-0.2, -0.15) is 9.97 Å². The van der Waals surface area contributed by atoms with Crippen LogP contribution in [0.1, 0.15) is 24.6 Å². The Morgan fingerprint density at radius 2 is 2.22 bits per heavy atom. The van der Waals surface area contributed by atoms with E-state index in [0.29, 0.717) is 13.2 Å². The van der Waals surface area contributed by atoms with E-state index in [-0.39, 0.29) is 49.9 Å². The number of nitrogens with zero attached hydrogens (tertiary/aromatic N) is 5. The second-order valence-electron chi connectivity index (χ2n) is 7.33. The molecular formula is C20H26N6O6. The average Bonchev–Trinajstić information content (AvgIpc) is 3.26. The Kier molecular flexibility index (Phi) is 7.71. The van der Waals surface area contributed by atoms with Crippen molar-refractivity contribution in [2.75, 3.05) is 43.6 Å². The third-order valence-corrected chi connectivity index (χ3v) is 4.80. The third-order valence-electron chi connectivity index (χ3n) is 4.80. The number of hydrogen-bond donors (Lipinski definition) is 1. The molecule has 1 fully saturated rings. The molecule has 0 radical (unpaired) electrons. The number of nitrogens with two attached hydrogens (primary N) is 1. The Bertz CT molecular complexity index is 948. The number of nitrogen functional groups attached to an aromatic ring is 1. The van der Waals surface area contributed by atoms with Crippen molar-refractivity contribution in [3.63, 3.8) is 0 Å². The molecule has 32 heavy (non-hydrogen) atoms. The quantitative estimate of drug-likeness (QED) is 0.321. The number of ether oxygens (including phenoxy) is 3. The van der Waals surface area contributed by atoms with Crippen LogP contribution in [0.25, 0.3) is 0 Å². The summed E-state index contributed by atoms with van der Waals surface area (Å²) in [5, 5.41) is 11.8. The highest BCUT2D eigenvalue weighted by atomic mass is 16.6. The Labute approximate surface area is 184 Å². The van der Waals surface area contributed by atoms with Gasteiger partial charge in [0.25, 0.3) is 0 Å². The Morgan fingerprint density at radius 3 is 2.84 bits per heavy atom. The van der Waals surface area contributed by atoms with E-state index in [1.54, 1.807) is 19.2 Å². The van der Waals surface area contributed by atoms with Gasteiger partial charge in [0.15, 0.2) is 0 Å². The minimum absolute atomic E-state index is 0.106. The number of pyridine rings is 1. The first kappa shape index (κ1) is 23.1. The van der Waals surface area contributed by atoms with Crippen molar-refractivity contribution in [1.82, 2.24) is 15.0 Å². The lowest BCUT2D eigenvalue weighted by molar-refractivity contribution is -0.383. The fraction of sp³-hybridized carbons (Fsp3) is 0.500. The van der Waals surface area contributed by atoms with Crippen molar-refractivity contribution in [3.8, 4) is 6.01 Å². The van der Waals surface area contributed by atoms with Crippen LogP contribution in [0.15, 0.2) is 18.3 Å². The fourth-order valence-corrected chi connectivity index (χ4v) is 3.19. The summed E-state index contributed by atoms with van der Waals surface area (Å²) in [6.07, 6.45) is 2.46. The van der Waals surface area contributed by atoms with Crippen molar-refractivity contribution in [1.29, 1.82) is 0 Å². The van der Waals surface area contributed by atoms with E-state index in [2.05, 4.69) is 15.0 Å². The first-order chi connectivity index (χ1) is 15.4. The van der Waals surface area contributed by atoms with Gasteiger partial charge < -0.3 is 24.8 Å². The van der Waals surface area contributed by atoms with Gasteiger partial charge in [0.05, 0.1) is 24.7 Å². The van der Waals surface area contributed by atoms with Crippen LogP contribution >= 0.6 is 0 Å². The van der Waals surface area contributed by atoms with Crippen molar-refractivity contribution in [3.05, 3.63) is 39.7 Å². The van der Waals surface area contributed by atoms with Gasteiger partial charge in [-0.05, 0) is 31.9 Å². The van der Waals surface area contributed by atoms with E-state index in [9.17, 15) is 14.9 Å². The molecular weight excluding hydrogens is 420 g/mol. The van der Waals surface area contributed by atoms with Gasteiger partial charge >= 0.3 is 17.7 Å². The monoisotopic (exact) mass is 446 g/mol. The summed E-state index contributed by atoms with van der Waals surface area (Å²) in [6, 6.07) is 3.51. The summed E-state index contributed by atoms with van der Waals surface area (Å²) in [4.78, 5) is 37.2. The summed E-state index contributed by atoms with van der Waals surface area (Å²) in [5.41, 5.74) is 6.92. The van der Waals surface area contributed by atoms with Crippen LogP contribution in [0.5, 0.6) is 6.01 Å². The predicted molar refractivity (Wildman–Crippen MR) is 114 cm³/mol. The molecule has 0 aromatic carbocycles. The van der Waals surface area contributed by atoms with Gasteiger partial charge in [-0.15, -0.1) is 0 Å². The number of carbonyl (C=O) groups is 1. The lowest BCUT2D eigenvalue weighted by atomic mass is 10.1. The molecule has 3 rings (SSSR count). The largest absolute Gasteiger partial charge is 0.465 e.